The van der Waals surface area contributed by atoms with Gasteiger partial charge in [0.05, 0.1) is 12.3 Å². The average molecular weight is 216 g/mol. The van der Waals surface area contributed by atoms with Gasteiger partial charge in [0.1, 0.15) is 5.76 Å². The van der Waals surface area contributed by atoms with E-state index in [1.807, 2.05) is 37.3 Å². The van der Waals surface area contributed by atoms with Crippen molar-refractivity contribution in [1.29, 1.82) is 0 Å². The van der Waals surface area contributed by atoms with Crippen molar-refractivity contribution in [3.63, 3.8) is 0 Å². The predicted molar refractivity (Wildman–Crippen MR) is 66.3 cm³/mol. The number of rotatable bonds is 3. The van der Waals surface area contributed by atoms with Gasteiger partial charge in [-0.3, -0.25) is 0 Å². The van der Waals surface area contributed by atoms with Crippen LogP contribution in [0.1, 0.15) is 24.3 Å². The number of furan rings is 1. The summed E-state index contributed by atoms with van der Waals surface area (Å²) in [6.07, 6.45) is 1.68. The Bertz CT molecular complexity index is 463. The van der Waals surface area contributed by atoms with Crippen molar-refractivity contribution in [3.05, 3.63) is 47.9 Å². The molecule has 1 atom stereocenters. The monoisotopic (exact) mass is 216 g/mol. The molecule has 0 fully saturated rings. The highest BCUT2D eigenvalue weighted by Crippen LogP contribution is 2.23. The molecule has 2 rings (SSSR count). The third-order valence-corrected chi connectivity index (χ3v) is 2.59. The number of hydrogen-bond donors (Lipinski definition) is 2. The molecule has 16 heavy (non-hydrogen) atoms. The molecule has 84 valence electrons. The quantitative estimate of drug-likeness (QED) is 0.773. The van der Waals surface area contributed by atoms with Crippen LogP contribution in [0.2, 0.25) is 0 Å². The summed E-state index contributed by atoms with van der Waals surface area (Å²) in [7, 11) is 0. The molecule has 1 heterocycles. The van der Waals surface area contributed by atoms with Gasteiger partial charge in [0.2, 0.25) is 0 Å². The molecule has 1 unspecified atom stereocenters. The van der Waals surface area contributed by atoms with Gasteiger partial charge in [0, 0.05) is 11.4 Å². The summed E-state index contributed by atoms with van der Waals surface area (Å²) in [5.41, 5.74) is 8.71. The van der Waals surface area contributed by atoms with Gasteiger partial charge in [-0.25, -0.2) is 0 Å². The molecule has 0 radical (unpaired) electrons. The van der Waals surface area contributed by atoms with Crippen LogP contribution in [0.15, 0.2) is 41.0 Å². The number of nitrogens with one attached hydrogen (secondary N) is 1. The molecular formula is C13H16N2O. The fraction of sp³-hybridized carbons (Fsp3) is 0.231. The Morgan fingerprint density at radius 2 is 2.12 bits per heavy atom. The van der Waals surface area contributed by atoms with E-state index in [9.17, 15) is 0 Å². The van der Waals surface area contributed by atoms with Crippen LogP contribution < -0.4 is 11.1 Å². The van der Waals surface area contributed by atoms with E-state index in [1.54, 1.807) is 6.26 Å². The Hall–Kier alpha value is -1.90. The van der Waals surface area contributed by atoms with Gasteiger partial charge < -0.3 is 15.5 Å². The van der Waals surface area contributed by atoms with Crippen LogP contribution in [0.25, 0.3) is 0 Å². The Balaban J connectivity index is 2.15. The van der Waals surface area contributed by atoms with E-state index in [0.717, 1.165) is 22.7 Å². The highest BCUT2D eigenvalue weighted by molar-refractivity contribution is 5.58. The first-order chi connectivity index (χ1) is 7.66. The lowest BCUT2D eigenvalue weighted by Gasteiger charge is -2.15. The molecule has 0 saturated carbocycles. The van der Waals surface area contributed by atoms with Crippen molar-refractivity contribution in [2.24, 2.45) is 0 Å². The Labute approximate surface area is 95.3 Å². The van der Waals surface area contributed by atoms with Gasteiger partial charge in [-0.05, 0) is 49.7 Å². The zero-order valence-electron chi connectivity index (χ0n) is 9.53. The number of anilines is 2. The molecule has 1 aromatic carbocycles. The second-order valence-corrected chi connectivity index (χ2v) is 3.96. The molecule has 0 aliphatic heterocycles. The zero-order valence-corrected chi connectivity index (χ0v) is 9.53. The van der Waals surface area contributed by atoms with Crippen LogP contribution in [0.4, 0.5) is 11.4 Å². The number of nitrogens with two attached hydrogens (primary N) is 1. The highest BCUT2D eigenvalue weighted by atomic mass is 16.3. The molecule has 0 bridgehead atoms. The Morgan fingerprint density at radius 1 is 1.31 bits per heavy atom. The largest absolute Gasteiger partial charge is 0.467 e. The topological polar surface area (TPSA) is 51.2 Å². The summed E-state index contributed by atoms with van der Waals surface area (Å²) in [5.74, 6) is 0.927. The standard InChI is InChI=1S/C13H16N2O/c1-9-8-11(14)5-6-12(9)15-10(2)13-4-3-7-16-13/h3-8,10,15H,14H2,1-2H3. The fourth-order valence-corrected chi connectivity index (χ4v) is 1.69. The summed E-state index contributed by atoms with van der Waals surface area (Å²) in [4.78, 5) is 0. The molecule has 2 aromatic rings. The lowest BCUT2D eigenvalue weighted by Crippen LogP contribution is -2.06. The summed E-state index contributed by atoms with van der Waals surface area (Å²) >= 11 is 0. The zero-order chi connectivity index (χ0) is 11.5. The van der Waals surface area contributed by atoms with Gasteiger partial charge in [-0.15, -0.1) is 0 Å². The van der Waals surface area contributed by atoms with E-state index in [0.29, 0.717) is 0 Å². The molecule has 3 N–H and O–H groups in total. The summed E-state index contributed by atoms with van der Waals surface area (Å²) in [5, 5.41) is 3.39. The maximum atomic E-state index is 5.71. The van der Waals surface area contributed by atoms with Gasteiger partial charge in [-0.1, -0.05) is 0 Å². The van der Waals surface area contributed by atoms with E-state index in [1.165, 1.54) is 0 Å². The van der Waals surface area contributed by atoms with E-state index in [2.05, 4.69) is 12.2 Å². The predicted octanol–water partition coefficient (Wildman–Crippen LogP) is 3.34. The van der Waals surface area contributed by atoms with E-state index in [-0.39, 0.29) is 6.04 Å². The number of nitrogen functional groups attached to an aromatic ring is 1. The summed E-state index contributed by atoms with van der Waals surface area (Å²) in [6, 6.07) is 9.84. The molecule has 3 nitrogen and oxygen atoms in total. The van der Waals surface area contributed by atoms with Crippen molar-refractivity contribution in [2.45, 2.75) is 19.9 Å². The third-order valence-electron chi connectivity index (χ3n) is 2.59. The van der Waals surface area contributed by atoms with Gasteiger partial charge in [-0.2, -0.15) is 0 Å². The summed E-state index contributed by atoms with van der Waals surface area (Å²) in [6.45, 7) is 4.10. The molecule has 0 aliphatic carbocycles. The van der Waals surface area contributed by atoms with E-state index in [4.69, 9.17) is 10.2 Å². The highest BCUT2D eigenvalue weighted by Gasteiger charge is 2.08. The van der Waals surface area contributed by atoms with Crippen molar-refractivity contribution in [1.82, 2.24) is 0 Å². The maximum absolute atomic E-state index is 5.71. The van der Waals surface area contributed by atoms with Crippen molar-refractivity contribution in [3.8, 4) is 0 Å². The first kappa shape index (κ1) is 10.6. The van der Waals surface area contributed by atoms with Gasteiger partial charge >= 0.3 is 0 Å². The smallest absolute Gasteiger partial charge is 0.125 e. The molecular weight excluding hydrogens is 200 g/mol. The number of benzene rings is 1. The van der Waals surface area contributed by atoms with Crippen molar-refractivity contribution < 1.29 is 4.42 Å². The first-order valence-corrected chi connectivity index (χ1v) is 5.33. The first-order valence-electron chi connectivity index (χ1n) is 5.33. The SMILES string of the molecule is Cc1cc(N)ccc1NC(C)c1ccco1. The van der Waals surface area contributed by atoms with Crippen LogP contribution in [0.3, 0.4) is 0 Å². The van der Waals surface area contributed by atoms with E-state index >= 15 is 0 Å². The fourth-order valence-electron chi connectivity index (χ4n) is 1.69. The lowest BCUT2D eigenvalue weighted by molar-refractivity contribution is 0.490. The number of hydrogen-bond acceptors (Lipinski definition) is 3. The molecule has 0 saturated heterocycles. The van der Waals surface area contributed by atoms with Crippen LogP contribution in [0, 0.1) is 6.92 Å². The minimum absolute atomic E-state index is 0.150. The second kappa shape index (κ2) is 4.31. The minimum Gasteiger partial charge on any atom is -0.467 e. The molecule has 0 aliphatic rings. The minimum atomic E-state index is 0.150. The number of aryl methyl sites for hydroxylation is 1. The van der Waals surface area contributed by atoms with E-state index < -0.39 is 0 Å². The third kappa shape index (κ3) is 2.19. The van der Waals surface area contributed by atoms with Crippen LogP contribution in [-0.4, -0.2) is 0 Å². The lowest BCUT2D eigenvalue weighted by atomic mass is 10.1. The Morgan fingerprint density at radius 3 is 2.75 bits per heavy atom. The van der Waals surface area contributed by atoms with Crippen LogP contribution in [-0.2, 0) is 0 Å². The molecule has 0 amide bonds. The molecule has 1 aromatic heterocycles. The second-order valence-electron chi connectivity index (χ2n) is 3.96. The normalized spacial score (nSPS) is 12.4. The maximum Gasteiger partial charge on any atom is 0.125 e. The van der Waals surface area contributed by atoms with Crippen LogP contribution >= 0.6 is 0 Å². The van der Waals surface area contributed by atoms with Gasteiger partial charge in [0.25, 0.3) is 0 Å². The molecule has 3 heteroatoms. The van der Waals surface area contributed by atoms with Crippen LogP contribution in [0.5, 0.6) is 0 Å². The average Bonchev–Trinajstić information content (AvgIpc) is 2.75. The molecule has 0 spiro atoms. The van der Waals surface area contributed by atoms with Crippen molar-refractivity contribution >= 4 is 11.4 Å². The summed E-state index contributed by atoms with van der Waals surface area (Å²) < 4.78 is 5.34. The van der Waals surface area contributed by atoms with Crippen molar-refractivity contribution in [2.75, 3.05) is 11.1 Å². The van der Waals surface area contributed by atoms with Gasteiger partial charge in [0.15, 0.2) is 0 Å². The Kier molecular flexibility index (Phi) is 2.86.